The molecule has 3 nitrogen and oxygen atoms in total. The summed E-state index contributed by atoms with van der Waals surface area (Å²) in [5, 5.41) is 13.0. The van der Waals surface area contributed by atoms with Gasteiger partial charge in [-0.05, 0) is 74.7 Å². The fourth-order valence-electron chi connectivity index (χ4n) is 6.17. The minimum Gasteiger partial charge on any atom is -0.481 e. The number of carboxylic acid groups (broad SMARTS) is 1. The molecule has 100 valence electrons. The Kier molecular flexibility index (Phi) is 2.33. The Balaban J connectivity index is 1.65. The highest BCUT2D eigenvalue weighted by atomic mass is 16.4. The van der Waals surface area contributed by atoms with Gasteiger partial charge in [-0.3, -0.25) is 4.79 Å². The first-order valence-corrected chi connectivity index (χ1v) is 7.62. The molecule has 0 spiro atoms. The van der Waals surface area contributed by atoms with Crippen LogP contribution >= 0.6 is 0 Å². The average Bonchev–Trinajstić information content (AvgIpc) is 2.76. The van der Waals surface area contributed by atoms with Crippen molar-refractivity contribution in [2.45, 2.75) is 51.0 Å². The highest BCUT2D eigenvalue weighted by Crippen LogP contribution is 2.62. The molecule has 5 aliphatic rings. The van der Waals surface area contributed by atoms with Crippen molar-refractivity contribution in [2.24, 2.45) is 29.1 Å². The van der Waals surface area contributed by atoms with Gasteiger partial charge >= 0.3 is 5.97 Å². The Morgan fingerprint density at radius 2 is 1.61 bits per heavy atom. The van der Waals surface area contributed by atoms with Crippen molar-refractivity contribution in [2.75, 3.05) is 6.54 Å². The van der Waals surface area contributed by atoms with E-state index in [2.05, 4.69) is 5.32 Å². The lowest BCUT2D eigenvalue weighted by atomic mass is 9.47. The molecular formula is C15H23NO2. The smallest absolute Gasteiger partial charge is 0.308 e. The zero-order valence-corrected chi connectivity index (χ0v) is 10.9. The third-order valence-corrected chi connectivity index (χ3v) is 6.28. The Labute approximate surface area is 108 Å². The van der Waals surface area contributed by atoms with Crippen LogP contribution in [0.2, 0.25) is 0 Å². The number of carboxylic acids is 1. The zero-order valence-electron chi connectivity index (χ0n) is 10.9. The number of hydrogen-bond donors (Lipinski definition) is 2. The van der Waals surface area contributed by atoms with E-state index in [9.17, 15) is 9.90 Å². The van der Waals surface area contributed by atoms with Crippen LogP contribution in [0.5, 0.6) is 0 Å². The van der Waals surface area contributed by atoms with E-state index in [1.54, 1.807) is 0 Å². The summed E-state index contributed by atoms with van der Waals surface area (Å²) >= 11 is 0. The van der Waals surface area contributed by atoms with Crippen molar-refractivity contribution < 1.29 is 9.90 Å². The van der Waals surface area contributed by atoms with Crippen LogP contribution in [0.25, 0.3) is 0 Å². The highest BCUT2D eigenvalue weighted by Gasteiger charge is 2.57. The van der Waals surface area contributed by atoms with Crippen LogP contribution in [-0.2, 0) is 4.79 Å². The maximum atomic E-state index is 11.5. The molecule has 1 aliphatic heterocycles. The molecule has 1 saturated heterocycles. The van der Waals surface area contributed by atoms with Gasteiger partial charge in [0.05, 0.1) is 5.92 Å². The molecule has 2 unspecified atom stereocenters. The molecule has 5 rings (SSSR count). The van der Waals surface area contributed by atoms with Crippen molar-refractivity contribution in [1.29, 1.82) is 0 Å². The topological polar surface area (TPSA) is 49.3 Å². The summed E-state index contributed by atoms with van der Waals surface area (Å²) in [6, 6.07) is 0.267. The fourth-order valence-corrected chi connectivity index (χ4v) is 6.17. The fraction of sp³-hybridized carbons (Fsp3) is 0.933. The number of rotatable bonds is 2. The van der Waals surface area contributed by atoms with Crippen molar-refractivity contribution in [1.82, 2.24) is 5.32 Å². The normalized spacial score (nSPS) is 53.9. The monoisotopic (exact) mass is 249 g/mol. The minimum atomic E-state index is -0.569. The maximum absolute atomic E-state index is 11.5. The van der Waals surface area contributed by atoms with E-state index < -0.39 is 5.97 Å². The van der Waals surface area contributed by atoms with Gasteiger partial charge in [0.2, 0.25) is 0 Å². The lowest BCUT2D eigenvalue weighted by Crippen LogP contribution is -2.56. The van der Waals surface area contributed by atoms with Crippen LogP contribution in [0, 0.1) is 29.1 Å². The van der Waals surface area contributed by atoms with Gasteiger partial charge in [-0.1, -0.05) is 0 Å². The van der Waals surface area contributed by atoms with Crippen molar-refractivity contribution >= 4 is 5.97 Å². The molecule has 0 aromatic carbocycles. The molecule has 5 fully saturated rings. The van der Waals surface area contributed by atoms with Crippen molar-refractivity contribution in [3.8, 4) is 0 Å². The third kappa shape index (κ3) is 1.49. The van der Waals surface area contributed by atoms with E-state index in [1.807, 2.05) is 0 Å². The first-order chi connectivity index (χ1) is 8.66. The predicted octanol–water partition coefficient (Wildman–Crippen LogP) is 2.27. The highest BCUT2D eigenvalue weighted by molar-refractivity contribution is 5.71. The summed E-state index contributed by atoms with van der Waals surface area (Å²) in [6.45, 7) is 0.906. The molecule has 0 amide bonds. The van der Waals surface area contributed by atoms with E-state index in [0.717, 1.165) is 30.7 Å². The Hall–Kier alpha value is -0.570. The van der Waals surface area contributed by atoms with E-state index in [-0.39, 0.29) is 12.0 Å². The predicted molar refractivity (Wildman–Crippen MR) is 68.1 cm³/mol. The number of hydrogen-bond acceptors (Lipinski definition) is 2. The SMILES string of the molecule is O=C(O)C1CCNC1C12CC3CC(CC(C3)C1)C2. The number of carbonyl (C=O) groups is 1. The first kappa shape index (κ1) is 11.3. The van der Waals surface area contributed by atoms with Gasteiger partial charge in [0.1, 0.15) is 0 Å². The summed E-state index contributed by atoms with van der Waals surface area (Å²) in [7, 11) is 0. The standard InChI is InChI=1S/C15H23NO2/c17-14(18)12-1-2-16-13(12)15-6-9-3-10(7-15)5-11(4-9)8-15/h9-13,16H,1-8H2,(H,17,18). The van der Waals surface area contributed by atoms with E-state index in [0.29, 0.717) is 5.41 Å². The Bertz CT molecular complexity index is 343. The van der Waals surface area contributed by atoms with Gasteiger partial charge in [0.15, 0.2) is 0 Å². The van der Waals surface area contributed by atoms with Crippen LogP contribution in [0.1, 0.15) is 44.9 Å². The van der Waals surface area contributed by atoms with E-state index >= 15 is 0 Å². The summed E-state index contributed by atoms with van der Waals surface area (Å²) in [5.74, 6) is 2.04. The third-order valence-electron chi connectivity index (χ3n) is 6.28. The molecule has 18 heavy (non-hydrogen) atoms. The zero-order chi connectivity index (χ0) is 12.3. The van der Waals surface area contributed by atoms with Crippen molar-refractivity contribution in [3.05, 3.63) is 0 Å². The summed E-state index contributed by atoms with van der Waals surface area (Å²) in [4.78, 5) is 11.5. The Morgan fingerprint density at radius 1 is 1.06 bits per heavy atom. The maximum Gasteiger partial charge on any atom is 0.308 e. The van der Waals surface area contributed by atoms with Gasteiger partial charge in [-0.15, -0.1) is 0 Å². The molecule has 0 aromatic rings. The van der Waals surface area contributed by atoms with Gasteiger partial charge in [-0.25, -0.2) is 0 Å². The van der Waals surface area contributed by atoms with Gasteiger partial charge < -0.3 is 10.4 Å². The van der Waals surface area contributed by atoms with Crippen LogP contribution in [0.15, 0.2) is 0 Å². The molecule has 2 atom stereocenters. The molecule has 4 saturated carbocycles. The Morgan fingerprint density at radius 3 is 2.11 bits per heavy atom. The molecule has 3 heteroatoms. The lowest BCUT2D eigenvalue weighted by Gasteiger charge is -2.59. The van der Waals surface area contributed by atoms with Crippen LogP contribution in [0.4, 0.5) is 0 Å². The number of aliphatic carboxylic acids is 1. The molecule has 1 heterocycles. The summed E-state index contributed by atoms with van der Waals surface area (Å²) in [5.41, 5.74) is 0.342. The van der Waals surface area contributed by atoms with Gasteiger partial charge in [0.25, 0.3) is 0 Å². The van der Waals surface area contributed by atoms with Crippen LogP contribution in [0.3, 0.4) is 0 Å². The minimum absolute atomic E-state index is 0.124. The lowest BCUT2D eigenvalue weighted by molar-refractivity contribution is -0.146. The van der Waals surface area contributed by atoms with Crippen LogP contribution < -0.4 is 5.32 Å². The van der Waals surface area contributed by atoms with E-state index in [4.69, 9.17) is 0 Å². The number of nitrogens with one attached hydrogen (secondary N) is 1. The molecular weight excluding hydrogens is 226 g/mol. The van der Waals surface area contributed by atoms with E-state index in [1.165, 1.54) is 38.5 Å². The second kappa shape index (κ2) is 3.72. The molecule has 0 aromatic heterocycles. The first-order valence-electron chi connectivity index (χ1n) is 7.62. The van der Waals surface area contributed by atoms with Crippen LogP contribution in [-0.4, -0.2) is 23.7 Å². The molecule has 0 radical (unpaired) electrons. The quantitative estimate of drug-likeness (QED) is 0.789. The molecule has 4 bridgehead atoms. The second-order valence-electron chi connectivity index (χ2n) is 7.45. The average molecular weight is 249 g/mol. The van der Waals surface area contributed by atoms with Gasteiger partial charge in [-0.2, -0.15) is 0 Å². The van der Waals surface area contributed by atoms with Gasteiger partial charge in [0, 0.05) is 6.04 Å². The summed E-state index contributed by atoms with van der Waals surface area (Å²) in [6.07, 6.45) is 9.06. The van der Waals surface area contributed by atoms with Crippen molar-refractivity contribution in [3.63, 3.8) is 0 Å². The molecule has 4 aliphatic carbocycles. The summed E-state index contributed by atoms with van der Waals surface area (Å²) < 4.78 is 0. The second-order valence-corrected chi connectivity index (χ2v) is 7.45. The largest absolute Gasteiger partial charge is 0.481 e. The molecule has 2 N–H and O–H groups in total.